The van der Waals surface area contributed by atoms with E-state index in [1.54, 1.807) is 17.0 Å². The van der Waals surface area contributed by atoms with Crippen LogP contribution in [0.5, 0.6) is 0 Å². The highest BCUT2D eigenvalue weighted by molar-refractivity contribution is 5.98. The van der Waals surface area contributed by atoms with E-state index in [-0.39, 0.29) is 23.3 Å². The van der Waals surface area contributed by atoms with Gasteiger partial charge >= 0.3 is 5.97 Å². The summed E-state index contributed by atoms with van der Waals surface area (Å²) in [6, 6.07) is 11.6. The van der Waals surface area contributed by atoms with Crippen LogP contribution in [0.2, 0.25) is 0 Å². The maximum Gasteiger partial charge on any atom is 0.335 e. The summed E-state index contributed by atoms with van der Waals surface area (Å²) in [4.78, 5) is 37.6. The lowest BCUT2D eigenvalue weighted by Crippen LogP contribution is -2.41. The zero-order valence-electron chi connectivity index (χ0n) is 14.5. The smallest absolute Gasteiger partial charge is 0.335 e. The predicted octanol–water partition coefficient (Wildman–Crippen LogP) is 3.01. The number of aromatic carboxylic acids is 1. The van der Waals surface area contributed by atoms with Gasteiger partial charge in [-0.05, 0) is 49.2 Å². The SMILES string of the molecule is O=C(O)c1cccc(C(=O)N2CCC(C(=O)Nc3cccc(F)c3)CC2)c1. The van der Waals surface area contributed by atoms with Gasteiger partial charge in [0.05, 0.1) is 5.56 Å². The molecule has 1 aliphatic heterocycles. The molecule has 0 spiro atoms. The van der Waals surface area contributed by atoms with E-state index >= 15 is 0 Å². The largest absolute Gasteiger partial charge is 0.478 e. The number of piperidine rings is 1. The van der Waals surface area contributed by atoms with Gasteiger partial charge in [-0.15, -0.1) is 0 Å². The standard InChI is InChI=1S/C20H19FN2O4/c21-16-5-2-6-17(12-16)22-18(24)13-7-9-23(10-8-13)19(25)14-3-1-4-15(11-14)20(26)27/h1-6,11-13H,7-10H2,(H,22,24)(H,26,27). The van der Waals surface area contributed by atoms with Crippen LogP contribution in [0.25, 0.3) is 0 Å². The van der Waals surface area contributed by atoms with Gasteiger partial charge < -0.3 is 15.3 Å². The summed E-state index contributed by atoms with van der Waals surface area (Å²) in [6.45, 7) is 0.800. The van der Waals surface area contributed by atoms with E-state index in [9.17, 15) is 18.8 Å². The van der Waals surface area contributed by atoms with Crippen molar-refractivity contribution < 1.29 is 23.9 Å². The summed E-state index contributed by atoms with van der Waals surface area (Å²) in [5.74, 6) is -2.21. The Morgan fingerprint density at radius 3 is 2.33 bits per heavy atom. The number of anilines is 1. The first kappa shape index (κ1) is 18.6. The molecule has 0 unspecified atom stereocenters. The van der Waals surface area contributed by atoms with Gasteiger partial charge in [0.2, 0.25) is 5.91 Å². The normalized spacial score (nSPS) is 14.6. The van der Waals surface area contributed by atoms with E-state index < -0.39 is 11.8 Å². The van der Waals surface area contributed by atoms with Crippen LogP contribution in [0.1, 0.15) is 33.6 Å². The highest BCUT2D eigenvalue weighted by Crippen LogP contribution is 2.21. The second kappa shape index (κ2) is 7.99. The molecule has 2 aromatic carbocycles. The monoisotopic (exact) mass is 370 g/mol. The number of amides is 2. The molecule has 0 bridgehead atoms. The second-order valence-electron chi connectivity index (χ2n) is 6.45. The minimum atomic E-state index is -1.09. The molecule has 27 heavy (non-hydrogen) atoms. The maximum atomic E-state index is 13.2. The third kappa shape index (κ3) is 4.49. The summed E-state index contributed by atoms with van der Waals surface area (Å²) in [6.07, 6.45) is 0.983. The summed E-state index contributed by atoms with van der Waals surface area (Å²) < 4.78 is 13.2. The van der Waals surface area contributed by atoms with Gasteiger partial charge in [0.15, 0.2) is 0 Å². The zero-order valence-corrected chi connectivity index (χ0v) is 14.5. The minimum Gasteiger partial charge on any atom is -0.478 e. The van der Waals surface area contributed by atoms with Crippen LogP contribution in [0.3, 0.4) is 0 Å². The van der Waals surface area contributed by atoms with Gasteiger partial charge in [-0.2, -0.15) is 0 Å². The summed E-state index contributed by atoms with van der Waals surface area (Å²) >= 11 is 0. The minimum absolute atomic E-state index is 0.0604. The average molecular weight is 370 g/mol. The Bertz CT molecular complexity index is 876. The number of hydrogen-bond acceptors (Lipinski definition) is 3. The fourth-order valence-electron chi connectivity index (χ4n) is 3.12. The number of carbonyl (C=O) groups is 3. The number of nitrogens with one attached hydrogen (secondary N) is 1. The molecular weight excluding hydrogens is 351 g/mol. The van der Waals surface area contributed by atoms with Gasteiger partial charge in [0.1, 0.15) is 5.82 Å². The molecule has 2 aromatic rings. The second-order valence-corrected chi connectivity index (χ2v) is 6.45. The van der Waals surface area contributed by atoms with Crippen molar-refractivity contribution in [2.75, 3.05) is 18.4 Å². The molecule has 2 N–H and O–H groups in total. The molecule has 1 fully saturated rings. The Labute approximate surface area is 155 Å². The molecule has 3 rings (SSSR count). The molecule has 0 saturated carbocycles. The quantitative estimate of drug-likeness (QED) is 0.866. The van der Waals surface area contributed by atoms with E-state index in [0.29, 0.717) is 37.2 Å². The molecule has 6 nitrogen and oxygen atoms in total. The lowest BCUT2D eigenvalue weighted by Gasteiger charge is -2.31. The Balaban J connectivity index is 1.58. The molecule has 0 radical (unpaired) electrons. The van der Waals surface area contributed by atoms with Crippen molar-refractivity contribution in [2.45, 2.75) is 12.8 Å². The third-order valence-corrected chi connectivity index (χ3v) is 4.60. The van der Waals surface area contributed by atoms with Crippen LogP contribution in [0.4, 0.5) is 10.1 Å². The van der Waals surface area contributed by atoms with E-state index in [1.807, 2.05) is 0 Å². The number of halogens is 1. The maximum absolute atomic E-state index is 13.2. The number of hydrogen-bond donors (Lipinski definition) is 2. The Hall–Kier alpha value is -3.22. The number of rotatable bonds is 4. The summed E-state index contributed by atoms with van der Waals surface area (Å²) in [7, 11) is 0. The Morgan fingerprint density at radius 2 is 1.67 bits per heavy atom. The number of likely N-dealkylation sites (tertiary alicyclic amines) is 1. The number of nitrogens with zero attached hydrogens (tertiary/aromatic N) is 1. The molecule has 2 amide bonds. The van der Waals surface area contributed by atoms with Crippen LogP contribution < -0.4 is 5.32 Å². The van der Waals surface area contributed by atoms with Gasteiger partial charge in [0, 0.05) is 30.3 Å². The molecular formula is C20H19FN2O4. The van der Waals surface area contributed by atoms with Crippen LogP contribution in [-0.4, -0.2) is 40.9 Å². The Kier molecular flexibility index (Phi) is 5.49. The van der Waals surface area contributed by atoms with Crippen molar-refractivity contribution >= 4 is 23.5 Å². The van der Waals surface area contributed by atoms with Gasteiger partial charge in [-0.25, -0.2) is 9.18 Å². The number of benzene rings is 2. The molecule has 1 heterocycles. The van der Waals surface area contributed by atoms with Crippen molar-refractivity contribution in [1.82, 2.24) is 4.90 Å². The average Bonchev–Trinajstić information content (AvgIpc) is 2.67. The van der Waals surface area contributed by atoms with E-state index in [0.717, 1.165) is 0 Å². The van der Waals surface area contributed by atoms with Gasteiger partial charge in [0.25, 0.3) is 5.91 Å². The first-order chi connectivity index (χ1) is 12.9. The lowest BCUT2D eigenvalue weighted by molar-refractivity contribution is -0.121. The first-order valence-corrected chi connectivity index (χ1v) is 8.63. The van der Waals surface area contributed by atoms with Crippen molar-refractivity contribution in [3.63, 3.8) is 0 Å². The van der Waals surface area contributed by atoms with E-state index in [2.05, 4.69) is 5.32 Å². The predicted molar refractivity (Wildman–Crippen MR) is 97.1 cm³/mol. The molecule has 0 aliphatic carbocycles. The highest BCUT2D eigenvalue weighted by Gasteiger charge is 2.28. The summed E-state index contributed by atoms with van der Waals surface area (Å²) in [5.41, 5.74) is 0.784. The van der Waals surface area contributed by atoms with Crippen LogP contribution >= 0.6 is 0 Å². The van der Waals surface area contributed by atoms with Crippen molar-refractivity contribution in [3.8, 4) is 0 Å². The molecule has 0 aromatic heterocycles. The van der Waals surface area contributed by atoms with Crippen molar-refractivity contribution in [3.05, 3.63) is 65.5 Å². The van der Waals surface area contributed by atoms with Crippen molar-refractivity contribution in [1.29, 1.82) is 0 Å². The van der Waals surface area contributed by atoms with Crippen LogP contribution in [0, 0.1) is 11.7 Å². The number of carbonyl (C=O) groups excluding carboxylic acids is 2. The Morgan fingerprint density at radius 1 is 1.00 bits per heavy atom. The summed E-state index contributed by atoms with van der Waals surface area (Å²) in [5, 5.41) is 11.7. The third-order valence-electron chi connectivity index (χ3n) is 4.60. The molecule has 1 aliphatic rings. The lowest BCUT2D eigenvalue weighted by atomic mass is 9.95. The fraction of sp³-hybridized carbons (Fsp3) is 0.250. The van der Waals surface area contributed by atoms with E-state index in [1.165, 1.54) is 36.4 Å². The van der Waals surface area contributed by atoms with Gasteiger partial charge in [-0.3, -0.25) is 9.59 Å². The van der Waals surface area contributed by atoms with Gasteiger partial charge in [-0.1, -0.05) is 12.1 Å². The molecule has 1 saturated heterocycles. The molecule has 0 atom stereocenters. The number of carboxylic acid groups (broad SMARTS) is 1. The zero-order chi connectivity index (χ0) is 19.4. The highest BCUT2D eigenvalue weighted by atomic mass is 19.1. The van der Waals surface area contributed by atoms with E-state index in [4.69, 9.17) is 5.11 Å². The first-order valence-electron chi connectivity index (χ1n) is 8.63. The van der Waals surface area contributed by atoms with Crippen LogP contribution in [-0.2, 0) is 4.79 Å². The van der Waals surface area contributed by atoms with Crippen LogP contribution in [0.15, 0.2) is 48.5 Å². The van der Waals surface area contributed by atoms with Crippen molar-refractivity contribution in [2.24, 2.45) is 5.92 Å². The fourth-order valence-corrected chi connectivity index (χ4v) is 3.12. The molecule has 7 heteroatoms. The number of carboxylic acids is 1. The molecule has 140 valence electrons. The topological polar surface area (TPSA) is 86.7 Å².